The fraction of sp³-hybridized carbons (Fsp3) is 0.700. The van der Waals surface area contributed by atoms with Crippen LogP contribution in [0.4, 0.5) is 10.2 Å². The van der Waals surface area contributed by atoms with Crippen molar-refractivity contribution in [3.63, 3.8) is 0 Å². The van der Waals surface area contributed by atoms with Gasteiger partial charge in [0.2, 0.25) is 0 Å². The first-order chi connectivity index (χ1) is 7.23. The SMILES string of the molecule is Nc1n[nH]c(C2CC23CCOCC3)c1F. The Morgan fingerprint density at radius 1 is 1.47 bits per heavy atom. The Bertz CT molecular complexity index is 384. The van der Waals surface area contributed by atoms with Gasteiger partial charge in [-0.15, -0.1) is 0 Å². The van der Waals surface area contributed by atoms with Crippen LogP contribution in [0.5, 0.6) is 0 Å². The summed E-state index contributed by atoms with van der Waals surface area (Å²) in [5.41, 5.74) is 6.24. The van der Waals surface area contributed by atoms with E-state index in [1.807, 2.05) is 0 Å². The zero-order valence-electron chi connectivity index (χ0n) is 8.42. The number of hydrogen-bond acceptors (Lipinski definition) is 3. The number of H-pyrrole nitrogens is 1. The van der Waals surface area contributed by atoms with Gasteiger partial charge in [0.05, 0.1) is 5.69 Å². The van der Waals surface area contributed by atoms with Gasteiger partial charge in [0, 0.05) is 19.1 Å². The maximum Gasteiger partial charge on any atom is 0.188 e. The van der Waals surface area contributed by atoms with Gasteiger partial charge in [0.15, 0.2) is 11.6 Å². The molecule has 0 aromatic carbocycles. The van der Waals surface area contributed by atoms with Crippen LogP contribution in [0.2, 0.25) is 0 Å². The summed E-state index contributed by atoms with van der Waals surface area (Å²) in [7, 11) is 0. The van der Waals surface area contributed by atoms with Gasteiger partial charge in [-0.2, -0.15) is 5.10 Å². The van der Waals surface area contributed by atoms with Crippen molar-refractivity contribution in [2.45, 2.75) is 25.2 Å². The predicted molar refractivity (Wildman–Crippen MR) is 52.8 cm³/mol. The van der Waals surface area contributed by atoms with Crippen molar-refractivity contribution in [2.75, 3.05) is 18.9 Å². The highest BCUT2D eigenvalue weighted by molar-refractivity contribution is 5.37. The summed E-state index contributed by atoms with van der Waals surface area (Å²) >= 11 is 0. The molecule has 1 spiro atoms. The molecular weight excluding hydrogens is 197 g/mol. The van der Waals surface area contributed by atoms with Gasteiger partial charge in [-0.05, 0) is 24.7 Å². The summed E-state index contributed by atoms with van der Waals surface area (Å²) in [6.45, 7) is 1.59. The highest BCUT2D eigenvalue weighted by Crippen LogP contribution is 2.64. The van der Waals surface area contributed by atoms with Crippen molar-refractivity contribution >= 4 is 5.82 Å². The predicted octanol–water partition coefficient (Wildman–Crippen LogP) is 1.42. The van der Waals surface area contributed by atoms with Crippen LogP contribution in [0, 0.1) is 11.2 Å². The van der Waals surface area contributed by atoms with Gasteiger partial charge in [-0.1, -0.05) is 0 Å². The van der Waals surface area contributed by atoms with Crippen LogP contribution in [0.1, 0.15) is 30.9 Å². The normalized spacial score (nSPS) is 28.2. The number of aromatic amines is 1. The van der Waals surface area contributed by atoms with Crippen molar-refractivity contribution in [1.29, 1.82) is 0 Å². The molecule has 0 amide bonds. The minimum Gasteiger partial charge on any atom is -0.381 e. The second kappa shape index (κ2) is 2.95. The lowest BCUT2D eigenvalue weighted by molar-refractivity contribution is 0.0554. The van der Waals surface area contributed by atoms with E-state index in [9.17, 15) is 4.39 Å². The highest BCUT2D eigenvalue weighted by atomic mass is 19.1. The van der Waals surface area contributed by atoms with Crippen molar-refractivity contribution in [2.24, 2.45) is 5.41 Å². The summed E-state index contributed by atoms with van der Waals surface area (Å²) in [6, 6.07) is 0. The molecule has 0 bridgehead atoms. The number of hydrogen-bond donors (Lipinski definition) is 2. The standard InChI is InChI=1S/C10H14FN3O/c11-7-8(13-14-9(7)12)6-5-10(6)1-3-15-4-2-10/h6H,1-5H2,(H3,12,13,14). The second-order valence-corrected chi connectivity index (χ2v) is 4.57. The van der Waals surface area contributed by atoms with Crippen LogP contribution in [0.3, 0.4) is 0 Å². The average molecular weight is 211 g/mol. The van der Waals surface area contributed by atoms with Crippen molar-refractivity contribution in [3.05, 3.63) is 11.5 Å². The average Bonchev–Trinajstić information content (AvgIpc) is 2.82. The van der Waals surface area contributed by atoms with Gasteiger partial charge in [0.25, 0.3) is 0 Å². The Kier molecular flexibility index (Phi) is 1.80. The van der Waals surface area contributed by atoms with E-state index in [2.05, 4.69) is 10.2 Å². The molecule has 15 heavy (non-hydrogen) atoms. The number of nitrogens with two attached hydrogens (primary N) is 1. The molecule has 0 radical (unpaired) electrons. The van der Waals surface area contributed by atoms with E-state index in [1.165, 1.54) is 0 Å². The molecule has 5 heteroatoms. The lowest BCUT2D eigenvalue weighted by Gasteiger charge is -2.22. The summed E-state index contributed by atoms with van der Waals surface area (Å²) in [5.74, 6) is -0.103. The largest absolute Gasteiger partial charge is 0.381 e. The third-order valence-corrected chi connectivity index (χ3v) is 3.78. The number of anilines is 1. The summed E-state index contributed by atoms with van der Waals surface area (Å²) in [4.78, 5) is 0. The molecule has 1 aliphatic heterocycles. The topological polar surface area (TPSA) is 63.9 Å². The Balaban J connectivity index is 1.83. The molecule has 82 valence electrons. The van der Waals surface area contributed by atoms with E-state index in [-0.39, 0.29) is 23.0 Å². The minimum atomic E-state index is -0.358. The molecular formula is C10H14FN3O. The quantitative estimate of drug-likeness (QED) is 0.738. The molecule has 1 aromatic heterocycles. The molecule has 1 aliphatic carbocycles. The number of nitrogens with zero attached hydrogens (tertiary/aromatic N) is 1. The van der Waals surface area contributed by atoms with E-state index < -0.39 is 0 Å². The van der Waals surface area contributed by atoms with Crippen molar-refractivity contribution in [3.8, 4) is 0 Å². The number of halogens is 1. The Morgan fingerprint density at radius 3 is 2.80 bits per heavy atom. The van der Waals surface area contributed by atoms with E-state index >= 15 is 0 Å². The molecule has 4 nitrogen and oxygen atoms in total. The molecule has 1 saturated heterocycles. The fourth-order valence-corrected chi connectivity index (χ4v) is 2.67. The number of nitrogens with one attached hydrogen (secondary N) is 1. The van der Waals surface area contributed by atoms with Gasteiger partial charge >= 0.3 is 0 Å². The summed E-state index contributed by atoms with van der Waals surface area (Å²) < 4.78 is 18.9. The molecule has 2 fully saturated rings. The number of nitrogen functional groups attached to an aromatic ring is 1. The number of ether oxygens (including phenoxy) is 1. The van der Waals surface area contributed by atoms with Crippen molar-refractivity contribution in [1.82, 2.24) is 10.2 Å². The van der Waals surface area contributed by atoms with Gasteiger partial charge in [-0.25, -0.2) is 4.39 Å². The third kappa shape index (κ3) is 1.26. The van der Waals surface area contributed by atoms with E-state index in [0.717, 1.165) is 32.5 Å². The molecule has 2 heterocycles. The van der Waals surface area contributed by atoms with Gasteiger partial charge < -0.3 is 10.5 Å². The van der Waals surface area contributed by atoms with Gasteiger partial charge in [-0.3, -0.25) is 5.10 Å². The molecule has 3 rings (SSSR count). The Labute approximate surface area is 87.0 Å². The fourth-order valence-electron chi connectivity index (χ4n) is 2.67. The summed E-state index contributed by atoms with van der Waals surface area (Å²) in [6.07, 6.45) is 3.08. The molecule has 3 N–H and O–H groups in total. The first kappa shape index (κ1) is 9.15. The lowest BCUT2D eigenvalue weighted by atomic mass is 9.93. The number of aromatic nitrogens is 2. The lowest BCUT2D eigenvalue weighted by Crippen LogP contribution is -2.18. The Hall–Kier alpha value is -1.10. The first-order valence-electron chi connectivity index (χ1n) is 5.30. The molecule has 1 saturated carbocycles. The number of rotatable bonds is 1. The van der Waals surface area contributed by atoms with Crippen LogP contribution in [0.25, 0.3) is 0 Å². The van der Waals surface area contributed by atoms with Crippen molar-refractivity contribution < 1.29 is 9.13 Å². The van der Waals surface area contributed by atoms with Crippen LogP contribution in [0.15, 0.2) is 0 Å². The van der Waals surface area contributed by atoms with E-state index in [4.69, 9.17) is 10.5 Å². The highest BCUT2D eigenvalue weighted by Gasteiger charge is 2.56. The van der Waals surface area contributed by atoms with Crippen LogP contribution < -0.4 is 5.73 Å². The van der Waals surface area contributed by atoms with Gasteiger partial charge in [0.1, 0.15) is 0 Å². The minimum absolute atomic E-state index is 0.0147. The molecule has 1 aromatic rings. The summed E-state index contributed by atoms with van der Waals surface area (Å²) in [5, 5.41) is 6.42. The zero-order valence-corrected chi connectivity index (χ0v) is 8.42. The maximum atomic E-state index is 13.5. The maximum absolute atomic E-state index is 13.5. The monoisotopic (exact) mass is 211 g/mol. The zero-order chi connectivity index (χ0) is 10.5. The third-order valence-electron chi connectivity index (χ3n) is 3.78. The van der Waals surface area contributed by atoms with Crippen LogP contribution >= 0.6 is 0 Å². The second-order valence-electron chi connectivity index (χ2n) is 4.57. The molecule has 1 atom stereocenters. The van der Waals surface area contributed by atoms with Crippen LogP contribution in [-0.4, -0.2) is 23.4 Å². The Morgan fingerprint density at radius 2 is 2.20 bits per heavy atom. The molecule has 1 unspecified atom stereocenters. The van der Waals surface area contributed by atoms with E-state index in [1.54, 1.807) is 0 Å². The molecule has 2 aliphatic rings. The van der Waals surface area contributed by atoms with E-state index in [0.29, 0.717) is 5.69 Å². The van der Waals surface area contributed by atoms with Crippen LogP contribution in [-0.2, 0) is 4.74 Å². The first-order valence-corrected chi connectivity index (χ1v) is 5.30. The smallest absolute Gasteiger partial charge is 0.188 e.